The van der Waals surface area contributed by atoms with E-state index in [2.05, 4.69) is 0 Å². The first kappa shape index (κ1) is 17.7. The summed E-state index contributed by atoms with van der Waals surface area (Å²) in [6, 6.07) is -0.769. The predicted octanol–water partition coefficient (Wildman–Crippen LogP) is 0.351. The Morgan fingerprint density at radius 2 is 1.71 bits per heavy atom. The molecule has 0 aromatic rings. The molecular formula is C16H26N2O5S. The largest absolute Gasteiger partial charge is 0.480 e. The van der Waals surface area contributed by atoms with Crippen molar-refractivity contribution in [1.29, 1.82) is 0 Å². The van der Waals surface area contributed by atoms with Crippen LogP contribution >= 0.6 is 0 Å². The van der Waals surface area contributed by atoms with Gasteiger partial charge in [-0.1, -0.05) is 25.7 Å². The van der Waals surface area contributed by atoms with Crippen LogP contribution in [0.5, 0.6) is 0 Å². The number of hydrogen-bond donors (Lipinski definition) is 1. The fourth-order valence-electron chi connectivity index (χ4n) is 4.47. The molecule has 3 fully saturated rings. The van der Waals surface area contributed by atoms with Gasteiger partial charge in [0.25, 0.3) is 0 Å². The lowest BCUT2D eigenvalue weighted by atomic mass is 9.99. The van der Waals surface area contributed by atoms with Gasteiger partial charge in [0.15, 0.2) is 9.84 Å². The van der Waals surface area contributed by atoms with Crippen molar-refractivity contribution < 1.29 is 23.1 Å². The van der Waals surface area contributed by atoms with Crippen LogP contribution in [0.3, 0.4) is 0 Å². The summed E-state index contributed by atoms with van der Waals surface area (Å²) in [5, 5.41) is 9.02. The molecule has 0 bridgehead atoms. The Bertz CT molecular complexity index is 600. The summed E-state index contributed by atoms with van der Waals surface area (Å²) in [6.45, 7) is 0.687. The molecule has 0 radical (unpaired) electrons. The third-order valence-electron chi connectivity index (χ3n) is 5.69. The van der Waals surface area contributed by atoms with Crippen LogP contribution in [0.1, 0.15) is 38.5 Å². The van der Waals surface area contributed by atoms with Gasteiger partial charge in [-0.2, -0.15) is 0 Å². The maximum atomic E-state index is 12.6. The van der Waals surface area contributed by atoms with E-state index in [1.807, 2.05) is 0 Å². The zero-order chi connectivity index (χ0) is 17.3. The van der Waals surface area contributed by atoms with E-state index in [1.54, 1.807) is 9.80 Å². The Morgan fingerprint density at radius 3 is 2.38 bits per heavy atom. The van der Waals surface area contributed by atoms with Crippen molar-refractivity contribution in [2.75, 3.05) is 31.1 Å². The summed E-state index contributed by atoms with van der Waals surface area (Å²) in [5.41, 5.74) is 0. The Morgan fingerprint density at radius 1 is 1.04 bits per heavy atom. The summed E-state index contributed by atoms with van der Waals surface area (Å²) in [4.78, 5) is 27.1. The number of carboxylic acid groups (broad SMARTS) is 1. The molecule has 2 saturated heterocycles. The van der Waals surface area contributed by atoms with E-state index in [9.17, 15) is 18.0 Å². The first-order valence-electron chi connectivity index (χ1n) is 8.81. The third-order valence-corrected chi connectivity index (χ3v) is 7.39. The fourth-order valence-corrected chi connectivity index (χ4v) is 6.49. The van der Waals surface area contributed by atoms with E-state index in [-0.39, 0.29) is 36.0 Å². The van der Waals surface area contributed by atoms with Crippen molar-refractivity contribution in [2.45, 2.75) is 50.6 Å². The van der Waals surface area contributed by atoms with Gasteiger partial charge < -0.3 is 10.0 Å². The highest BCUT2D eigenvalue weighted by molar-refractivity contribution is 7.91. The molecule has 136 valence electrons. The van der Waals surface area contributed by atoms with E-state index in [4.69, 9.17) is 5.11 Å². The second kappa shape index (κ2) is 7.00. The smallest absolute Gasteiger partial charge is 0.317 e. The number of hydrogen-bond acceptors (Lipinski definition) is 5. The molecule has 0 unspecified atom stereocenters. The topological polar surface area (TPSA) is 95.0 Å². The SMILES string of the molecule is O=C(O)CN1CCN(C(=O)CCC2CCCC2)[C@@H]2CS(=O)(=O)C[C@@H]21. The maximum Gasteiger partial charge on any atom is 0.317 e. The van der Waals surface area contributed by atoms with Gasteiger partial charge in [0.1, 0.15) is 0 Å². The number of amides is 1. The van der Waals surface area contributed by atoms with Crippen LogP contribution < -0.4 is 0 Å². The van der Waals surface area contributed by atoms with Crippen molar-refractivity contribution in [3.05, 3.63) is 0 Å². The van der Waals surface area contributed by atoms with Crippen molar-refractivity contribution in [2.24, 2.45) is 5.92 Å². The van der Waals surface area contributed by atoms with Crippen LogP contribution in [0.15, 0.2) is 0 Å². The van der Waals surface area contributed by atoms with Gasteiger partial charge in [0.2, 0.25) is 5.91 Å². The minimum absolute atomic E-state index is 0.0315. The number of nitrogens with zero attached hydrogens (tertiary/aromatic N) is 2. The number of rotatable bonds is 5. The number of sulfone groups is 1. The van der Waals surface area contributed by atoms with E-state index < -0.39 is 15.8 Å². The molecule has 24 heavy (non-hydrogen) atoms. The quantitative estimate of drug-likeness (QED) is 0.762. The van der Waals surface area contributed by atoms with E-state index >= 15 is 0 Å². The van der Waals surface area contributed by atoms with Crippen LogP contribution in [0.2, 0.25) is 0 Å². The van der Waals surface area contributed by atoms with Crippen LogP contribution in [0.4, 0.5) is 0 Å². The predicted molar refractivity (Wildman–Crippen MR) is 88.3 cm³/mol. The fraction of sp³-hybridized carbons (Fsp3) is 0.875. The zero-order valence-corrected chi connectivity index (χ0v) is 14.7. The Balaban J connectivity index is 1.65. The number of carbonyl (C=O) groups is 2. The Labute approximate surface area is 142 Å². The normalized spacial score (nSPS) is 30.4. The molecule has 2 aliphatic heterocycles. The Kier molecular flexibility index (Phi) is 5.15. The number of fused-ring (bicyclic) bond motifs is 1. The maximum absolute atomic E-state index is 12.6. The molecule has 1 N–H and O–H groups in total. The van der Waals surface area contributed by atoms with Gasteiger partial charge in [-0.25, -0.2) is 8.42 Å². The van der Waals surface area contributed by atoms with E-state index in [0.29, 0.717) is 25.4 Å². The van der Waals surface area contributed by atoms with Crippen LogP contribution in [-0.2, 0) is 19.4 Å². The van der Waals surface area contributed by atoms with Crippen LogP contribution in [-0.4, -0.2) is 78.4 Å². The molecule has 8 heteroatoms. The number of piperazine rings is 1. The van der Waals surface area contributed by atoms with Gasteiger partial charge in [-0.05, 0) is 12.3 Å². The second-order valence-electron chi connectivity index (χ2n) is 7.35. The van der Waals surface area contributed by atoms with Crippen molar-refractivity contribution >= 4 is 21.7 Å². The molecule has 1 saturated carbocycles. The van der Waals surface area contributed by atoms with Gasteiger partial charge in [-0.15, -0.1) is 0 Å². The van der Waals surface area contributed by atoms with Crippen molar-refractivity contribution in [3.8, 4) is 0 Å². The van der Waals surface area contributed by atoms with Gasteiger partial charge in [0.05, 0.1) is 24.1 Å². The lowest BCUT2D eigenvalue weighted by Crippen LogP contribution is -2.61. The molecular weight excluding hydrogens is 332 g/mol. The van der Waals surface area contributed by atoms with Crippen molar-refractivity contribution in [1.82, 2.24) is 9.80 Å². The summed E-state index contributed by atoms with van der Waals surface area (Å²) in [7, 11) is -3.22. The summed E-state index contributed by atoms with van der Waals surface area (Å²) >= 11 is 0. The molecule has 0 aromatic heterocycles. The minimum atomic E-state index is -3.22. The standard InChI is InChI=1S/C16H26N2O5S/c19-15(6-5-12-3-1-2-4-12)18-8-7-17(9-16(20)21)13-10-24(22,23)11-14(13)18/h12-14H,1-11H2,(H,20,21)/t13-,14+/m0/s1. The van der Waals surface area contributed by atoms with E-state index in [1.165, 1.54) is 25.7 Å². The molecule has 3 aliphatic rings. The highest BCUT2D eigenvalue weighted by atomic mass is 32.2. The molecule has 7 nitrogen and oxygen atoms in total. The summed E-state index contributed by atoms with van der Waals surface area (Å²) < 4.78 is 24.1. The summed E-state index contributed by atoms with van der Waals surface area (Å²) in [5.74, 6) is -0.381. The lowest BCUT2D eigenvalue weighted by molar-refractivity contribution is -0.142. The second-order valence-corrected chi connectivity index (χ2v) is 9.51. The molecule has 0 spiro atoms. The molecule has 2 atom stereocenters. The summed E-state index contributed by atoms with van der Waals surface area (Å²) in [6.07, 6.45) is 6.25. The number of carboxylic acids is 1. The van der Waals surface area contributed by atoms with E-state index in [0.717, 1.165) is 6.42 Å². The minimum Gasteiger partial charge on any atom is -0.480 e. The van der Waals surface area contributed by atoms with Crippen molar-refractivity contribution in [3.63, 3.8) is 0 Å². The monoisotopic (exact) mass is 358 g/mol. The number of carbonyl (C=O) groups excluding carboxylic acids is 1. The molecule has 0 aromatic carbocycles. The highest BCUT2D eigenvalue weighted by Crippen LogP contribution is 2.31. The third kappa shape index (κ3) is 3.91. The van der Waals surface area contributed by atoms with Gasteiger partial charge in [0, 0.05) is 25.6 Å². The average molecular weight is 358 g/mol. The molecule has 1 aliphatic carbocycles. The first-order valence-corrected chi connectivity index (χ1v) is 10.6. The number of aliphatic carboxylic acids is 1. The molecule has 3 rings (SSSR count). The first-order chi connectivity index (χ1) is 11.4. The zero-order valence-electron chi connectivity index (χ0n) is 13.9. The molecule has 2 heterocycles. The van der Waals surface area contributed by atoms with Gasteiger partial charge >= 0.3 is 5.97 Å². The molecule has 1 amide bonds. The van der Waals surface area contributed by atoms with Gasteiger partial charge in [-0.3, -0.25) is 14.5 Å². The lowest BCUT2D eigenvalue weighted by Gasteiger charge is -2.43. The Hall–Kier alpha value is -1.15. The van der Waals surface area contributed by atoms with Crippen LogP contribution in [0.25, 0.3) is 0 Å². The van der Waals surface area contributed by atoms with Crippen LogP contribution in [0, 0.1) is 5.92 Å². The highest BCUT2D eigenvalue weighted by Gasteiger charge is 2.48. The average Bonchev–Trinajstić information content (AvgIpc) is 3.11.